The summed E-state index contributed by atoms with van der Waals surface area (Å²) < 4.78 is 0. The van der Waals surface area contributed by atoms with Gasteiger partial charge in [-0.25, -0.2) is 0 Å². The third-order valence-corrected chi connectivity index (χ3v) is 3.97. The van der Waals surface area contributed by atoms with E-state index in [-0.39, 0.29) is 0 Å². The molecule has 1 atom stereocenters. The number of carbonyl (C=O) groups is 1. The number of fused-ring (bicyclic) bond motifs is 1. The van der Waals surface area contributed by atoms with E-state index >= 15 is 0 Å². The standard InChI is InChI=1S/C17H25NO2/c1-12(2)9-16(17(19)20)18-11-13-7-8-14-5-3-4-6-15(14)10-13/h7-8,10,12,16,18H,3-6,9,11H2,1-2H3,(H,19,20)/t16-/m0/s1. The highest BCUT2D eigenvalue weighted by molar-refractivity contribution is 5.73. The van der Waals surface area contributed by atoms with Crippen LogP contribution in [0, 0.1) is 5.92 Å². The van der Waals surface area contributed by atoms with Gasteiger partial charge in [-0.15, -0.1) is 0 Å². The van der Waals surface area contributed by atoms with E-state index in [1.54, 1.807) is 0 Å². The Kier molecular flexibility index (Phi) is 5.18. The average molecular weight is 275 g/mol. The van der Waals surface area contributed by atoms with Gasteiger partial charge < -0.3 is 10.4 Å². The lowest BCUT2D eigenvalue weighted by Crippen LogP contribution is -2.37. The lowest BCUT2D eigenvalue weighted by Gasteiger charge is -2.19. The van der Waals surface area contributed by atoms with Crippen molar-refractivity contribution in [3.8, 4) is 0 Å². The maximum Gasteiger partial charge on any atom is 0.320 e. The molecule has 0 aliphatic heterocycles. The van der Waals surface area contributed by atoms with Crippen LogP contribution in [-0.4, -0.2) is 17.1 Å². The molecule has 0 saturated carbocycles. The van der Waals surface area contributed by atoms with Crippen LogP contribution in [0.25, 0.3) is 0 Å². The molecule has 0 aromatic heterocycles. The van der Waals surface area contributed by atoms with Crippen molar-refractivity contribution in [3.63, 3.8) is 0 Å². The Morgan fingerprint density at radius 2 is 1.95 bits per heavy atom. The van der Waals surface area contributed by atoms with Crippen LogP contribution in [0.2, 0.25) is 0 Å². The minimum Gasteiger partial charge on any atom is -0.480 e. The van der Waals surface area contributed by atoms with Crippen molar-refractivity contribution < 1.29 is 9.90 Å². The predicted molar refractivity (Wildman–Crippen MR) is 80.8 cm³/mol. The molecular formula is C17H25NO2. The fraction of sp³-hybridized carbons (Fsp3) is 0.588. The lowest BCUT2D eigenvalue weighted by molar-refractivity contribution is -0.140. The number of rotatable bonds is 6. The molecule has 0 fully saturated rings. The van der Waals surface area contributed by atoms with Crippen molar-refractivity contribution in [2.45, 2.75) is 58.5 Å². The molecule has 2 N–H and O–H groups in total. The van der Waals surface area contributed by atoms with Crippen molar-refractivity contribution in [3.05, 3.63) is 34.9 Å². The first kappa shape index (κ1) is 15.0. The van der Waals surface area contributed by atoms with E-state index in [1.165, 1.54) is 36.0 Å². The topological polar surface area (TPSA) is 49.3 Å². The van der Waals surface area contributed by atoms with Crippen LogP contribution in [0.1, 0.15) is 49.8 Å². The number of aryl methyl sites for hydroxylation is 2. The fourth-order valence-corrected chi connectivity index (χ4v) is 2.88. The summed E-state index contributed by atoms with van der Waals surface area (Å²) in [6.45, 7) is 4.74. The number of benzene rings is 1. The van der Waals surface area contributed by atoms with Gasteiger partial charge in [0.2, 0.25) is 0 Å². The van der Waals surface area contributed by atoms with Gasteiger partial charge in [-0.1, -0.05) is 32.0 Å². The molecule has 0 saturated heterocycles. The van der Waals surface area contributed by atoms with Gasteiger partial charge in [0, 0.05) is 6.54 Å². The molecule has 0 heterocycles. The fourth-order valence-electron chi connectivity index (χ4n) is 2.88. The minimum atomic E-state index is -0.753. The zero-order valence-electron chi connectivity index (χ0n) is 12.5. The molecule has 3 nitrogen and oxygen atoms in total. The summed E-state index contributed by atoms with van der Waals surface area (Å²) >= 11 is 0. The van der Waals surface area contributed by atoms with Crippen LogP contribution in [-0.2, 0) is 24.2 Å². The SMILES string of the molecule is CC(C)C[C@H](NCc1ccc2c(c1)CCCC2)C(=O)O. The van der Waals surface area contributed by atoms with Gasteiger partial charge in [-0.3, -0.25) is 4.79 Å². The first-order chi connectivity index (χ1) is 9.56. The Morgan fingerprint density at radius 1 is 1.25 bits per heavy atom. The number of nitrogens with one attached hydrogen (secondary N) is 1. The average Bonchev–Trinajstić information content (AvgIpc) is 2.42. The van der Waals surface area contributed by atoms with E-state index in [2.05, 4.69) is 37.4 Å². The van der Waals surface area contributed by atoms with Gasteiger partial charge in [0.05, 0.1) is 0 Å². The van der Waals surface area contributed by atoms with E-state index in [4.69, 9.17) is 0 Å². The Hall–Kier alpha value is -1.35. The summed E-state index contributed by atoms with van der Waals surface area (Å²) in [6, 6.07) is 6.14. The highest BCUT2D eigenvalue weighted by atomic mass is 16.4. The maximum absolute atomic E-state index is 11.2. The van der Waals surface area contributed by atoms with Crippen LogP contribution < -0.4 is 5.32 Å². The first-order valence-corrected chi connectivity index (χ1v) is 7.63. The summed E-state index contributed by atoms with van der Waals surface area (Å²) in [5, 5.41) is 12.4. The second-order valence-corrected chi connectivity index (χ2v) is 6.21. The van der Waals surface area contributed by atoms with Crippen LogP contribution >= 0.6 is 0 Å². The van der Waals surface area contributed by atoms with E-state index in [1.807, 2.05) is 0 Å². The van der Waals surface area contributed by atoms with Crippen molar-refractivity contribution in [1.29, 1.82) is 0 Å². The second kappa shape index (κ2) is 6.89. The van der Waals surface area contributed by atoms with Crippen LogP contribution in [0.4, 0.5) is 0 Å². The highest BCUT2D eigenvalue weighted by Gasteiger charge is 2.18. The molecule has 0 bridgehead atoms. The Balaban J connectivity index is 1.97. The van der Waals surface area contributed by atoms with Crippen molar-refractivity contribution in [2.24, 2.45) is 5.92 Å². The summed E-state index contributed by atoms with van der Waals surface area (Å²) in [5.41, 5.74) is 4.11. The van der Waals surface area contributed by atoms with Gasteiger partial charge in [-0.2, -0.15) is 0 Å². The molecule has 0 spiro atoms. The van der Waals surface area contributed by atoms with Gasteiger partial charge >= 0.3 is 5.97 Å². The van der Waals surface area contributed by atoms with Gasteiger partial charge in [0.25, 0.3) is 0 Å². The molecule has 0 unspecified atom stereocenters. The van der Waals surface area contributed by atoms with E-state index < -0.39 is 12.0 Å². The third-order valence-electron chi connectivity index (χ3n) is 3.97. The molecule has 110 valence electrons. The van der Waals surface area contributed by atoms with Crippen LogP contribution in [0.5, 0.6) is 0 Å². The highest BCUT2D eigenvalue weighted by Crippen LogP contribution is 2.22. The summed E-state index contributed by atoms with van der Waals surface area (Å²) in [6.07, 6.45) is 5.58. The monoisotopic (exact) mass is 275 g/mol. The molecule has 0 amide bonds. The van der Waals surface area contributed by atoms with E-state index in [9.17, 15) is 9.90 Å². The lowest BCUT2D eigenvalue weighted by atomic mass is 9.90. The smallest absolute Gasteiger partial charge is 0.320 e. The Bertz CT molecular complexity index is 468. The molecule has 1 aliphatic rings. The number of carboxylic acids is 1. The quantitative estimate of drug-likeness (QED) is 0.838. The number of hydrogen-bond acceptors (Lipinski definition) is 2. The van der Waals surface area contributed by atoms with Gasteiger partial charge in [-0.05, 0) is 54.7 Å². The maximum atomic E-state index is 11.2. The molecular weight excluding hydrogens is 250 g/mol. The molecule has 2 rings (SSSR count). The summed E-state index contributed by atoms with van der Waals surface area (Å²) in [5.74, 6) is -0.371. The van der Waals surface area contributed by atoms with Crippen molar-refractivity contribution in [1.82, 2.24) is 5.32 Å². The third kappa shape index (κ3) is 4.07. The van der Waals surface area contributed by atoms with Crippen LogP contribution in [0.15, 0.2) is 18.2 Å². The predicted octanol–water partition coefficient (Wildman–Crippen LogP) is 3.15. The Labute approximate surface area is 121 Å². The van der Waals surface area contributed by atoms with E-state index in [0.29, 0.717) is 18.9 Å². The van der Waals surface area contributed by atoms with Crippen molar-refractivity contribution in [2.75, 3.05) is 0 Å². The van der Waals surface area contributed by atoms with Crippen LogP contribution in [0.3, 0.4) is 0 Å². The Morgan fingerprint density at radius 3 is 2.60 bits per heavy atom. The molecule has 1 aromatic carbocycles. The molecule has 1 aromatic rings. The molecule has 3 heteroatoms. The first-order valence-electron chi connectivity index (χ1n) is 7.63. The number of hydrogen-bond donors (Lipinski definition) is 2. The van der Waals surface area contributed by atoms with E-state index in [0.717, 1.165) is 6.42 Å². The minimum absolute atomic E-state index is 0.382. The summed E-state index contributed by atoms with van der Waals surface area (Å²) in [7, 11) is 0. The largest absolute Gasteiger partial charge is 0.480 e. The molecule has 0 radical (unpaired) electrons. The number of aliphatic carboxylic acids is 1. The normalized spacial score (nSPS) is 15.9. The van der Waals surface area contributed by atoms with Gasteiger partial charge in [0.1, 0.15) is 6.04 Å². The zero-order valence-corrected chi connectivity index (χ0v) is 12.5. The zero-order chi connectivity index (χ0) is 14.5. The van der Waals surface area contributed by atoms with Gasteiger partial charge in [0.15, 0.2) is 0 Å². The summed E-state index contributed by atoms with van der Waals surface area (Å²) in [4.78, 5) is 11.2. The second-order valence-electron chi connectivity index (χ2n) is 6.21. The molecule has 1 aliphatic carbocycles. The van der Waals surface area contributed by atoms with Crippen molar-refractivity contribution >= 4 is 5.97 Å². The molecule has 20 heavy (non-hydrogen) atoms. The number of carboxylic acid groups (broad SMARTS) is 1.